The summed E-state index contributed by atoms with van der Waals surface area (Å²) in [5.74, 6) is -1.26. The summed E-state index contributed by atoms with van der Waals surface area (Å²) >= 11 is 0. The van der Waals surface area contributed by atoms with E-state index in [4.69, 9.17) is 37.0 Å². The summed E-state index contributed by atoms with van der Waals surface area (Å²) in [5.41, 5.74) is 0. The minimum Gasteiger partial charge on any atom is -0.462 e. The molecule has 0 heterocycles. The molecule has 17 nitrogen and oxygen atoms in total. The molecule has 600 valence electrons. The van der Waals surface area contributed by atoms with Gasteiger partial charge < -0.3 is 33.8 Å². The molecule has 0 aliphatic rings. The van der Waals surface area contributed by atoms with Crippen LogP contribution in [0, 0.1) is 5.92 Å². The average Bonchev–Trinajstić information content (AvgIpc) is 1.10. The largest absolute Gasteiger partial charge is 0.472 e. The number of hydrogen-bond acceptors (Lipinski definition) is 15. The molecule has 0 aromatic heterocycles. The first kappa shape index (κ1) is 99.1. The van der Waals surface area contributed by atoms with E-state index in [0.29, 0.717) is 25.7 Å². The van der Waals surface area contributed by atoms with Crippen molar-refractivity contribution < 1.29 is 80.2 Å². The predicted molar refractivity (Wildman–Crippen MR) is 414 cm³/mol. The van der Waals surface area contributed by atoms with Gasteiger partial charge in [-0.2, -0.15) is 0 Å². The number of rotatable bonds is 82. The summed E-state index contributed by atoms with van der Waals surface area (Å²) in [6.45, 7) is 7.37. The monoisotopic (exact) mass is 1480 g/mol. The van der Waals surface area contributed by atoms with Gasteiger partial charge in [0.25, 0.3) is 0 Å². The highest BCUT2D eigenvalue weighted by Crippen LogP contribution is 2.45. The Morgan fingerprint density at radius 3 is 0.703 bits per heavy atom. The highest BCUT2D eigenvalue weighted by atomic mass is 31.2. The second kappa shape index (κ2) is 74.9. The van der Waals surface area contributed by atoms with Gasteiger partial charge >= 0.3 is 39.5 Å². The van der Waals surface area contributed by atoms with Gasteiger partial charge in [0.1, 0.15) is 19.3 Å². The second-order valence-electron chi connectivity index (χ2n) is 29.8. The predicted octanol–water partition coefficient (Wildman–Crippen LogP) is 24.8. The number of phosphoric ester groups is 2. The Morgan fingerprint density at radius 2 is 0.475 bits per heavy atom. The SMILES string of the molecule is CCCCCCCCCCCCCCCCCCCCCCCC(=O)O[C@H](COC(=O)CCCCCCCCCCCCCCCCC(C)CC)COP(=O)(O)OC[C@@H](O)COP(=O)(O)OC[C@@H](COC(=O)CCCCCCCCCC)OC(=O)CCCCCCCCCCCCCCCC. The van der Waals surface area contributed by atoms with Crippen molar-refractivity contribution in [3.8, 4) is 0 Å². The fraction of sp³-hybridized carbons (Fsp3) is 0.951. The Hall–Kier alpha value is -1.94. The Kier molecular flexibility index (Phi) is 73.5. The Labute approximate surface area is 619 Å². The van der Waals surface area contributed by atoms with Crippen molar-refractivity contribution in [2.45, 2.75) is 457 Å². The number of phosphoric acid groups is 2. The minimum atomic E-state index is -4.96. The normalized spacial score (nSPS) is 14.1. The van der Waals surface area contributed by atoms with E-state index in [1.165, 1.54) is 257 Å². The molecule has 19 heteroatoms. The molecule has 0 fully saturated rings. The number of aliphatic hydroxyl groups excluding tert-OH is 1. The van der Waals surface area contributed by atoms with E-state index in [1.54, 1.807) is 0 Å². The van der Waals surface area contributed by atoms with E-state index in [1.807, 2.05) is 0 Å². The number of carbonyl (C=O) groups is 4. The zero-order valence-electron chi connectivity index (χ0n) is 66.1. The maximum atomic E-state index is 13.1. The number of carbonyl (C=O) groups excluding carboxylic acids is 4. The van der Waals surface area contributed by atoms with Crippen molar-refractivity contribution in [3.63, 3.8) is 0 Å². The molecular weight excluding hydrogens is 1320 g/mol. The first-order chi connectivity index (χ1) is 49.1. The van der Waals surface area contributed by atoms with Gasteiger partial charge in [0.15, 0.2) is 12.2 Å². The third kappa shape index (κ3) is 74.7. The summed E-state index contributed by atoms with van der Waals surface area (Å²) in [6, 6.07) is 0. The van der Waals surface area contributed by atoms with Crippen molar-refractivity contribution in [2.24, 2.45) is 5.92 Å². The summed E-state index contributed by atoms with van der Waals surface area (Å²) in [4.78, 5) is 73.0. The molecule has 0 aliphatic heterocycles. The maximum Gasteiger partial charge on any atom is 0.472 e. The summed E-state index contributed by atoms with van der Waals surface area (Å²) < 4.78 is 68.7. The molecule has 0 aromatic rings. The summed E-state index contributed by atoms with van der Waals surface area (Å²) in [6.07, 6.45) is 66.7. The van der Waals surface area contributed by atoms with E-state index < -0.39 is 97.5 Å². The van der Waals surface area contributed by atoms with Gasteiger partial charge in [-0.25, -0.2) is 9.13 Å². The van der Waals surface area contributed by atoms with E-state index in [-0.39, 0.29) is 25.7 Å². The lowest BCUT2D eigenvalue weighted by Crippen LogP contribution is -2.30. The van der Waals surface area contributed by atoms with E-state index in [9.17, 15) is 43.2 Å². The van der Waals surface area contributed by atoms with Gasteiger partial charge in [-0.15, -0.1) is 0 Å². The molecule has 0 aliphatic carbocycles. The van der Waals surface area contributed by atoms with Crippen LogP contribution in [0.2, 0.25) is 0 Å². The van der Waals surface area contributed by atoms with Crippen LogP contribution in [-0.4, -0.2) is 96.7 Å². The third-order valence-corrected chi connectivity index (χ3v) is 21.5. The van der Waals surface area contributed by atoms with Crippen LogP contribution in [0.5, 0.6) is 0 Å². The van der Waals surface area contributed by atoms with Gasteiger partial charge in [0, 0.05) is 25.7 Å². The lowest BCUT2D eigenvalue weighted by atomic mass is 9.99. The van der Waals surface area contributed by atoms with Crippen molar-refractivity contribution in [1.82, 2.24) is 0 Å². The molecule has 3 N–H and O–H groups in total. The van der Waals surface area contributed by atoms with E-state index in [2.05, 4.69) is 34.6 Å². The smallest absolute Gasteiger partial charge is 0.462 e. The molecule has 6 atom stereocenters. The second-order valence-corrected chi connectivity index (χ2v) is 32.7. The molecule has 0 rings (SSSR count). The van der Waals surface area contributed by atoms with Gasteiger partial charge in [0.05, 0.1) is 26.4 Å². The molecule has 0 spiro atoms. The van der Waals surface area contributed by atoms with Gasteiger partial charge in [-0.3, -0.25) is 37.3 Å². The summed E-state index contributed by atoms with van der Waals surface area (Å²) in [5, 5.41) is 10.6. The van der Waals surface area contributed by atoms with Crippen molar-refractivity contribution in [3.05, 3.63) is 0 Å². The number of unbranched alkanes of at least 4 members (excludes halogenated alkanes) is 53. The van der Waals surface area contributed by atoms with Crippen LogP contribution >= 0.6 is 15.6 Å². The van der Waals surface area contributed by atoms with Crippen LogP contribution in [0.15, 0.2) is 0 Å². The zero-order valence-corrected chi connectivity index (χ0v) is 67.8. The Balaban J connectivity index is 5.19. The summed E-state index contributed by atoms with van der Waals surface area (Å²) in [7, 11) is -9.92. The lowest BCUT2D eigenvalue weighted by Gasteiger charge is -2.21. The molecule has 0 saturated heterocycles. The highest BCUT2D eigenvalue weighted by molar-refractivity contribution is 7.47. The number of ether oxygens (including phenoxy) is 4. The molecule has 0 aromatic carbocycles. The molecule has 0 amide bonds. The van der Waals surface area contributed by atoms with Gasteiger partial charge in [-0.05, 0) is 31.6 Å². The molecule has 0 saturated carbocycles. The number of esters is 4. The zero-order chi connectivity index (χ0) is 74.1. The molecule has 0 bridgehead atoms. The third-order valence-electron chi connectivity index (χ3n) is 19.6. The molecule has 101 heavy (non-hydrogen) atoms. The average molecular weight is 1480 g/mol. The first-order valence-corrected chi connectivity index (χ1v) is 45.7. The van der Waals surface area contributed by atoms with Crippen molar-refractivity contribution >= 4 is 39.5 Å². The fourth-order valence-electron chi connectivity index (χ4n) is 12.7. The Bertz CT molecular complexity index is 1930. The topological polar surface area (TPSA) is 237 Å². The standard InChI is InChI=1S/C82H160O17P2/c1-6-10-13-16-19-22-24-26-28-29-30-31-32-33-34-40-44-48-53-58-63-68-82(87)99-78(72-93-80(85)66-61-56-51-46-42-39-36-35-37-41-45-49-54-59-64-75(5)9-4)74-97-101(90,91)95-70-76(83)69-94-100(88,89)96-73-77(71-92-79(84)65-60-55-50-21-18-15-12-8-3)98-81(86)67-62-57-52-47-43-38-27-25-23-20-17-14-11-7-2/h75-78,83H,6-74H2,1-5H3,(H,88,89)(H,90,91)/t75?,76-,77+,78+/m0/s1. The lowest BCUT2D eigenvalue weighted by molar-refractivity contribution is -0.161. The maximum absolute atomic E-state index is 13.1. The van der Waals surface area contributed by atoms with Gasteiger partial charge in [-0.1, -0.05) is 388 Å². The fourth-order valence-corrected chi connectivity index (χ4v) is 14.3. The van der Waals surface area contributed by atoms with Crippen LogP contribution in [0.3, 0.4) is 0 Å². The minimum absolute atomic E-state index is 0.108. The van der Waals surface area contributed by atoms with Crippen LogP contribution in [0.25, 0.3) is 0 Å². The molecule has 0 radical (unpaired) electrons. The van der Waals surface area contributed by atoms with Crippen LogP contribution < -0.4 is 0 Å². The Morgan fingerprint density at radius 1 is 0.277 bits per heavy atom. The van der Waals surface area contributed by atoms with Crippen LogP contribution in [-0.2, 0) is 65.4 Å². The number of hydrogen-bond donors (Lipinski definition) is 3. The first-order valence-electron chi connectivity index (χ1n) is 42.7. The van der Waals surface area contributed by atoms with Crippen molar-refractivity contribution in [2.75, 3.05) is 39.6 Å². The van der Waals surface area contributed by atoms with E-state index >= 15 is 0 Å². The van der Waals surface area contributed by atoms with E-state index in [0.717, 1.165) is 102 Å². The van der Waals surface area contributed by atoms with Crippen LogP contribution in [0.4, 0.5) is 0 Å². The quantitative estimate of drug-likeness (QED) is 0.0222. The molecule has 3 unspecified atom stereocenters. The highest BCUT2D eigenvalue weighted by Gasteiger charge is 2.30. The number of aliphatic hydroxyl groups is 1. The molecular formula is C82H160O17P2. The van der Waals surface area contributed by atoms with Crippen LogP contribution in [0.1, 0.15) is 439 Å². The van der Waals surface area contributed by atoms with Crippen molar-refractivity contribution in [1.29, 1.82) is 0 Å². The van der Waals surface area contributed by atoms with Gasteiger partial charge in [0.2, 0.25) is 0 Å².